The number of aromatic hydroxyl groups is 1. The maximum Gasteiger partial charge on any atom is 0.293 e. The minimum absolute atomic E-state index is 0.0156. The topological polar surface area (TPSA) is 66.8 Å². The first-order chi connectivity index (χ1) is 11.1. The van der Waals surface area contributed by atoms with Crippen molar-refractivity contribution in [3.63, 3.8) is 0 Å². The van der Waals surface area contributed by atoms with Crippen LogP contribution in [0.1, 0.15) is 11.1 Å². The summed E-state index contributed by atoms with van der Waals surface area (Å²) in [5, 5.41) is 9.69. The second-order valence-corrected chi connectivity index (χ2v) is 12.1. The minimum Gasteiger partial charge on any atom is -0.504 e. The molecule has 0 radical (unpaired) electrons. The molecule has 2 rings (SSSR count). The Morgan fingerprint density at radius 3 is 2.46 bits per heavy atom. The van der Waals surface area contributed by atoms with Crippen molar-refractivity contribution < 1.29 is 19.4 Å². The zero-order valence-corrected chi connectivity index (χ0v) is 16.1. The minimum atomic E-state index is -1.61. The van der Waals surface area contributed by atoms with Crippen LogP contribution in [0.4, 0.5) is 4.79 Å². The third kappa shape index (κ3) is 4.02. The molecule has 0 spiro atoms. The Morgan fingerprint density at radius 2 is 1.96 bits per heavy atom. The van der Waals surface area contributed by atoms with Crippen molar-refractivity contribution in [1.29, 1.82) is 0 Å². The van der Waals surface area contributed by atoms with E-state index in [-0.39, 0.29) is 22.6 Å². The quantitative estimate of drug-likeness (QED) is 0.497. The number of phenols is 1. The average Bonchev–Trinajstić information content (AvgIpc) is 2.73. The Kier molecular flexibility index (Phi) is 5.11. The van der Waals surface area contributed by atoms with E-state index in [9.17, 15) is 14.7 Å². The summed E-state index contributed by atoms with van der Waals surface area (Å²) in [6.45, 7) is 6.35. The van der Waals surface area contributed by atoms with Gasteiger partial charge in [-0.1, -0.05) is 25.6 Å². The molecule has 1 aromatic rings. The van der Waals surface area contributed by atoms with E-state index >= 15 is 0 Å². The number of nitrogens with zero attached hydrogens (tertiary/aromatic N) is 1. The van der Waals surface area contributed by atoms with Crippen LogP contribution in [-0.2, 0) is 4.79 Å². The number of hydrogen-bond donors (Lipinski definition) is 1. The summed E-state index contributed by atoms with van der Waals surface area (Å²) in [7, 11) is 1.29. The highest BCUT2D eigenvalue weighted by molar-refractivity contribution is 8.18. The molecule has 24 heavy (non-hydrogen) atoms. The van der Waals surface area contributed by atoms with E-state index < -0.39 is 8.07 Å². The summed E-state index contributed by atoms with van der Waals surface area (Å²) in [6, 6.07) is 3.14. The van der Waals surface area contributed by atoms with Gasteiger partial charge in [-0.2, -0.15) is 0 Å². The van der Waals surface area contributed by atoms with Gasteiger partial charge in [0.25, 0.3) is 11.1 Å². The van der Waals surface area contributed by atoms with Crippen LogP contribution in [0.25, 0.3) is 6.08 Å². The molecular formula is C17H19NO4SSi. The number of ether oxygens (including phenoxy) is 1. The van der Waals surface area contributed by atoms with Crippen LogP contribution in [0.15, 0.2) is 17.0 Å². The Labute approximate surface area is 146 Å². The molecule has 0 aliphatic carbocycles. The van der Waals surface area contributed by atoms with Gasteiger partial charge < -0.3 is 9.84 Å². The number of likely N-dealkylation sites (N-methyl/N-ethyl adjacent to an activating group) is 1. The second-order valence-electron chi connectivity index (χ2n) is 6.35. The van der Waals surface area contributed by atoms with E-state index in [2.05, 4.69) is 31.1 Å². The molecule has 1 aromatic carbocycles. The number of rotatable bonds is 2. The molecule has 0 atom stereocenters. The van der Waals surface area contributed by atoms with Crippen LogP contribution in [0.3, 0.4) is 0 Å². The SMILES string of the molecule is COc1cc(/C=C2\SC(=O)N(C)C2=O)c(C#C[Si](C)(C)C)cc1O. The van der Waals surface area contributed by atoms with Crippen molar-refractivity contribution in [1.82, 2.24) is 4.90 Å². The molecule has 5 nitrogen and oxygen atoms in total. The molecule has 126 valence electrons. The summed E-state index contributed by atoms with van der Waals surface area (Å²) in [4.78, 5) is 25.1. The largest absolute Gasteiger partial charge is 0.504 e. The number of benzene rings is 1. The highest BCUT2D eigenvalue weighted by Crippen LogP contribution is 2.35. The van der Waals surface area contributed by atoms with Gasteiger partial charge in [-0.05, 0) is 35.5 Å². The van der Waals surface area contributed by atoms with E-state index in [1.165, 1.54) is 20.2 Å². The number of thioether (sulfide) groups is 1. The van der Waals surface area contributed by atoms with E-state index in [0.717, 1.165) is 16.7 Å². The van der Waals surface area contributed by atoms with Crippen molar-refractivity contribution in [2.75, 3.05) is 14.2 Å². The Morgan fingerprint density at radius 1 is 1.29 bits per heavy atom. The molecule has 1 fully saturated rings. The van der Waals surface area contributed by atoms with Gasteiger partial charge >= 0.3 is 0 Å². The van der Waals surface area contributed by atoms with E-state index in [1.54, 1.807) is 12.1 Å². The van der Waals surface area contributed by atoms with Crippen LogP contribution >= 0.6 is 11.8 Å². The van der Waals surface area contributed by atoms with Gasteiger partial charge in [0.15, 0.2) is 11.5 Å². The Balaban J connectivity index is 2.57. The molecule has 0 bridgehead atoms. The van der Waals surface area contributed by atoms with Crippen LogP contribution in [0.2, 0.25) is 19.6 Å². The van der Waals surface area contributed by atoms with E-state index in [4.69, 9.17) is 4.74 Å². The lowest BCUT2D eigenvalue weighted by Gasteiger charge is -2.09. The molecule has 0 aromatic heterocycles. The molecule has 7 heteroatoms. The number of carbonyl (C=O) groups excluding carboxylic acids is 2. The third-order valence-corrected chi connectivity index (χ3v) is 5.03. The predicted octanol–water partition coefficient (Wildman–Crippen LogP) is 3.30. The van der Waals surface area contributed by atoms with Gasteiger partial charge in [0.2, 0.25) is 0 Å². The molecule has 1 N–H and O–H groups in total. The van der Waals surface area contributed by atoms with Crippen molar-refractivity contribution in [2.45, 2.75) is 19.6 Å². The van der Waals surface area contributed by atoms with E-state index in [0.29, 0.717) is 16.0 Å². The first-order valence-electron chi connectivity index (χ1n) is 7.28. The molecule has 0 unspecified atom stereocenters. The monoisotopic (exact) mass is 361 g/mol. The van der Waals surface area contributed by atoms with Gasteiger partial charge in [-0.3, -0.25) is 14.5 Å². The van der Waals surface area contributed by atoms with Crippen molar-refractivity contribution in [3.05, 3.63) is 28.2 Å². The van der Waals surface area contributed by atoms with Crippen molar-refractivity contribution in [3.8, 4) is 23.0 Å². The lowest BCUT2D eigenvalue weighted by Crippen LogP contribution is -2.22. The smallest absolute Gasteiger partial charge is 0.293 e. The van der Waals surface area contributed by atoms with Gasteiger partial charge in [-0.15, -0.1) is 5.54 Å². The third-order valence-electron chi connectivity index (χ3n) is 3.20. The van der Waals surface area contributed by atoms with Crippen LogP contribution in [-0.4, -0.2) is 43.4 Å². The fourth-order valence-corrected chi connectivity index (χ4v) is 3.24. The fourth-order valence-electron chi connectivity index (χ4n) is 1.92. The zero-order valence-electron chi connectivity index (χ0n) is 14.3. The highest BCUT2D eigenvalue weighted by atomic mass is 32.2. The molecule has 1 heterocycles. The number of hydrogen-bond acceptors (Lipinski definition) is 5. The standard InChI is InChI=1S/C17H19NO4SSi/c1-18-16(20)15(23-17(18)21)10-12-9-14(22-2)13(19)8-11(12)6-7-24(3,4)5/h8-10,19H,1-5H3/b15-10-. The molecule has 1 aliphatic rings. The van der Waals surface area contributed by atoms with Gasteiger partial charge in [-0.25, -0.2) is 0 Å². The molecule has 0 saturated carbocycles. The van der Waals surface area contributed by atoms with Crippen molar-refractivity contribution in [2.24, 2.45) is 0 Å². The zero-order chi connectivity index (χ0) is 18.1. The molecule has 1 saturated heterocycles. The Bertz CT molecular complexity index is 799. The normalized spacial score (nSPS) is 16.4. The van der Waals surface area contributed by atoms with Gasteiger partial charge in [0.1, 0.15) is 8.07 Å². The summed E-state index contributed by atoms with van der Waals surface area (Å²) in [5.41, 5.74) is 4.47. The number of imide groups is 1. The average molecular weight is 361 g/mol. The van der Waals surface area contributed by atoms with Gasteiger partial charge in [0, 0.05) is 12.6 Å². The maximum absolute atomic E-state index is 12.1. The van der Waals surface area contributed by atoms with Crippen LogP contribution < -0.4 is 4.74 Å². The number of amides is 2. The first kappa shape index (κ1) is 18.2. The molecular weight excluding hydrogens is 342 g/mol. The second kappa shape index (κ2) is 6.75. The summed E-state index contributed by atoms with van der Waals surface area (Å²) in [6.07, 6.45) is 1.62. The van der Waals surface area contributed by atoms with E-state index in [1.807, 2.05) is 0 Å². The molecule has 1 aliphatic heterocycles. The lowest BCUT2D eigenvalue weighted by atomic mass is 10.1. The number of carbonyl (C=O) groups is 2. The Hall–Kier alpha value is -2.17. The summed E-state index contributed by atoms with van der Waals surface area (Å²) in [5.74, 6) is 3.01. The van der Waals surface area contributed by atoms with Crippen LogP contribution in [0.5, 0.6) is 11.5 Å². The number of phenolic OH excluding ortho intramolecular Hbond substituents is 1. The number of methoxy groups -OCH3 is 1. The first-order valence-corrected chi connectivity index (χ1v) is 11.6. The summed E-state index contributed by atoms with van der Waals surface area (Å²) >= 11 is 0.882. The van der Waals surface area contributed by atoms with Crippen LogP contribution in [0, 0.1) is 11.5 Å². The lowest BCUT2D eigenvalue weighted by molar-refractivity contribution is -0.121. The van der Waals surface area contributed by atoms with Crippen molar-refractivity contribution >= 4 is 37.1 Å². The highest BCUT2D eigenvalue weighted by Gasteiger charge is 2.32. The predicted molar refractivity (Wildman–Crippen MR) is 98.6 cm³/mol. The van der Waals surface area contributed by atoms with Gasteiger partial charge in [0.05, 0.1) is 12.0 Å². The summed E-state index contributed by atoms with van der Waals surface area (Å²) < 4.78 is 5.13. The molecule has 2 amide bonds. The fraction of sp³-hybridized carbons (Fsp3) is 0.294. The maximum atomic E-state index is 12.1.